The number of hydrogen-bond donors (Lipinski definition) is 2. The summed E-state index contributed by atoms with van der Waals surface area (Å²) in [6.07, 6.45) is 0.884. The zero-order chi connectivity index (χ0) is 21.5. The largest absolute Gasteiger partial charge is 0.490 e. The van der Waals surface area contributed by atoms with E-state index in [1.807, 2.05) is 18.2 Å². The van der Waals surface area contributed by atoms with Gasteiger partial charge in [0.2, 0.25) is 0 Å². The van der Waals surface area contributed by atoms with E-state index >= 15 is 0 Å². The summed E-state index contributed by atoms with van der Waals surface area (Å²) >= 11 is 0. The van der Waals surface area contributed by atoms with Crippen molar-refractivity contribution in [1.29, 1.82) is 0 Å². The lowest BCUT2D eigenvalue weighted by molar-refractivity contribution is 0.132. The van der Waals surface area contributed by atoms with Crippen LogP contribution in [0.3, 0.4) is 0 Å². The summed E-state index contributed by atoms with van der Waals surface area (Å²) in [4.78, 5) is 9.51. The zero-order valence-corrected chi connectivity index (χ0v) is 21.1. The number of anilines is 1. The first-order valence-electron chi connectivity index (χ1n) is 11.2. The number of piperazine rings is 1. The van der Waals surface area contributed by atoms with Crippen LogP contribution in [0.1, 0.15) is 24.5 Å². The fourth-order valence-electron chi connectivity index (χ4n) is 3.88. The molecule has 2 aromatic carbocycles. The number of rotatable bonds is 6. The van der Waals surface area contributed by atoms with Crippen molar-refractivity contribution in [2.45, 2.75) is 26.4 Å². The molecule has 0 bridgehead atoms. The first-order valence-corrected chi connectivity index (χ1v) is 11.2. The number of likely N-dealkylation sites (N-methyl/N-ethyl adjacent to an activating group) is 1. The molecule has 0 amide bonds. The highest BCUT2D eigenvalue weighted by molar-refractivity contribution is 14.0. The van der Waals surface area contributed by atoms with Crippen molar-refractivity contribution in [3.63, 3.8) is 0 Å². The minimum atomic E-state index is 0. The molecule has 0 aliphatic carbocycles. The van der Waals surface area contributed by atoms with E-state index in [1.54, 1.807) is 0 Å². The Bertz CT molecular complexity index is 882. The number of nitrogens with two attached hydrogens (primary N) is 1. The van der Waals surface area contributed by atoms with Crippen LogP contribution >= 0.6 is 24.0 Å². The van der Waals surface area contributed by atoms with Gasteiger partial charge in [0.05, 0.1) is 19.8 Å². The normalized spacial score (nSPS) is 17.3. The van der Waals surface area contributed by atoms with Gasteiger partial charge in [-0.1, -0.05) is 31.2 Å². The molecule has 32 heavy (non-hydrogen) atoms. The second-order valence-electron chi connectivity index (χ2n) is 8.07. The maximum atomic E-state index is 6.09. The Morgan fingerprint density at radius 2 is 1.59 bits per heavy atom. The number of ether oxygens (including phenoxy) is 2. The molecule has 2 aliphatic rings. The fourth-order valence-corrected chi connectivity index (χ4v) is 3.88. The third-order valence-corrected chi connectivity index (χ3v) is 5.79. The monoisotopic (exact) mass is 551 g/mol. The first kappa shape index (κ1) is 24.6. The number of aliphatic imine (C=N–C) groups is 1. The topological polar surface area (TPSA) is 75.4 Å². The Morgan fingerprint density at radius 3 is 2.31 bits per heavy atom. The summed E-state index contributed by atoms with van der Waals surface area (Å²) in [5, 5.41) is 3.14. The minimum absolute atomic E-state index is 0. The third kappa shape index (κ3) is 6.98. The summed E-state index contributed by atoms with van der Waals surface area (Å²) < 4.78 is 11.4. The predicted molar refractivity (Wildman–Crippen MR) is 140 cm³/mol. The summed E-state index contributed by atoms with van der Waals surface area (Å²) in [7, 11) is 0. The van der Waals surface area contributed by atoms with Gasteiger partial charge in [-0.05, 0) is 29.8 Å². The number of hydrogen-bond acceptors (Lipinski definition) is 5. The van der Waals surface area contributed by atoms with E-state index in [0.717, 1.165) is 55.3 Å². The van der Waals surface area contributed by atoms with Gasteiger partial charge in [-0.2, -0.15) is 0 Å². The van der Waals surface area contributed by atoms with Crippen LogP contribution in [0.15, 0.2) is 47.5 Å². The van der Waals surface area contributed by atoms with Gasteiger partial charge in [0, 0.05) is 50.9 Å². The smallest absolute Gasteiger partial charge is 0.193 e. The Hall–Kier alpha value is -2.04. The van der Waals surface area contributed by atoms with Gasteiger partial charge >= 0.3 is 0 Å². The number of halogens is 1. The van der Waals surface area contributed by atoms with E-state index < -0.39 is 0 Å². The molecule has 0 unspecified atom stereocenters. The number of nitrogens with zero attached hydrogens (tertiary/aromatic N) is 3. The Labute approximate surface area is 208 Å². The maximum absolute atomic E-state index is 6.09. The van der Waals surface area contributed by atoms with E-state index in [-0.39, 0.29) is 24.0 Å². The molecule has 2 aromatic rings. The van der Waals surface area contributed by atoms with Crippen LogP contribution in [-0.4, -0.2) is 61.7 Å². The Morgan fingerprint density at radius 1 is 0.938 bits per heavy atom. The molecule has 0 atom stereocenters. The zero-order valence-electron chi connectivity index (χ0n) is 18.8. The minimum Gasteiger partial charge on any atom is -0.490 e. The second-order valence-corrected chi connectivity index (χ2v) is 8.07. The Kier molecular flexibility index (Phi) is 9.43. The van der Waals surface area contributed by atoms with Crippen LogP contribution in [0, 0.1) is 0 Å². The number of benzene rings is 2. The highest BCUT2D eigenvalue weighted by atomic mass is 127. The van der Waals surface area contributed by atoms with Crippen LogP contribution in [0.25, 0.3) is 0 Å². The van der Waals surface area contributed by atoms with Crippen molar-refractivity contribution in [3.05, 3.63) is 53.6 Å². The molecule has 0 radical (unpaired) electrons. The quantitative estimate of drug-likeness (QED) is 0.325. The molecular formula is C24H34IN5O2. The van der Waals surface area contributed by atoms with E-state index in [4.69, 9.17) is 15.2 Å². The molecular weight excluding hydrogens is 517 g/mol. The summed E-state index contributed by atoms with van der Waals surface area (Å²) in [5.74, 6) is 1.89. The van der Waals surface area contributed by atoms with Crippen molar-refractivity contribution in [2.24, 2.45) is 10.7 Å². The van der Waals surface area contributed by atoms with Crippen molar-refractivity contribution in [2.75, 3.05) is 51.3 Å². The summed E-state index contributed by atoms with van der Waals surface area (Å²) in [6, 6.07) is 14.4. The second kappa shape index (κ2) is 12.3. The molecule has 8 heteroatoms. The SMILES string of the molecule is CCN1CCN(Cc2ccc(CN=C(N)Nc3ccc4c(c3)OCCCO4)cc2)CC1.I. The molecule has 1 saturated heterocycles. The molecule has 2 heterocycles. The van der Waals surface area contributed by atoms with E-state index in [1.165, 1.54) is 18.7 Å². The number of nitrogens with one attached hydrogen (secondary N) is 1. The predicted octanol–water partition coefficient (Wildman–Crippen LogP) is 3.53. The van der Waals surface area contributed by atoms with Gasteiger partial charge in [-0.25, -0.2) is 4.99 Å². The lowest BCUT2D eigenvalue weighted by Crippen LogP contribution is -2.45. The van der Waals surface area contributed by atoms with Gasteiger partial charge < -0.3 is 25.4 Å². The lowest BCUT2D eigenvalue weighted by atomic mass is 10.1. The van der Waals surface area contributed by atoms with Crippen LogP contribution in [0.4, 0.5) is 5.69 Å². The van der Waals surface area contributed by atoms with Crippen molar-refractivity contribution in [1.82, 2.24) is 9.80 Å². The highest BCUT2D eigenvalue weighted by Gasteiger charge is 2.15. The Balaban J connectivity index is 0.00000289. The van der Waals surface area contributed by atoms with Gasteiger partial charge in [0.1, 0.15) is 0 Å². The summed E-state index contributed by atoms with van der Waals surface area (Å²) in [6.45, 7) is 10.9. The van der Waals surface area contributed by atoms with Gasteiger partial charge in [0.15, 0.2) is 17.5 Å². The lowest BCUT2D eigenvalue weighted by Gasteiger charge is -2.34. The first-order chi connectivity index (χ1) is 15.2. The average Bonchev–Trinajstić information content (AvgIpc) is 3.04. The average molecular weight is 551 g/mol. The number of fused-ring (bicyclic) bond motifs is 1. The standard InChI is InChI=1S/C24H33N5O2.HI/c1-2-28-10-12-29(13-11-28)18-20-6-4-19(5-7-20)17-26-24(25)27-21-8-9-22-23(16-21)31-15-3-14-30-22;/h4-9,16H,2-3,10-15,17-18H2,1H3,(H3,25,26,27);1H. The molecule has 3 N–H and O–H groups in total. The molecule has 0 saturated carbocycles. The molecule has 1 fully saturated rings. The van der Waals surface area contributed by atoms with Crippen molar-refractivity contribution < 1.29 is 9.47 Å². The summed E-state index contributed by atoms with van der Waals surface area (Å²) in [5.41, 5.74) is 9.42. The van der Waals surface area contributed by atoms with Crippen LogP contribution < -0.4 is 20.5 Å². The third-order valence-electron chi connectivity index (χ3n) is 5.79. The van der Waals surface area contributed by atoms with E-state index in [9.17, 15) is 0 Å². The fraction of sp³-hybridized carbons (Fsp3) is 0.458. The maximum Gasteiger partial charge on any atom is 0.193 e. The molecule has 4 rings (SSSR count). The van der Waals surface area contributed by atoms with Crippen molar-refractivity contribution >= 4 is 35.6 Å². The van der Waals surface area contributed by atoms with Crippen LogP contribution in [0.5, 0.6) is 11.5 Å². The van der Waals surface area contributed by atoms with Crippen LogP contribution in [0.2, 0.25) is 0 Å². The molecule has 2 aliphatic heterocycles. The van der Waals surface area contributed by atoms with Gasteiger partial charge in [-0.15, -0.1) is 24.0 Å². The van der Waals surface area contributed by atoms with E-state index in [2.05, 4.69) is 51.3 Å². The highest BCUT2D eigenvalue weighted by Crippen LogP contribution is 2.32. The van der Waals surface area contributed by atoms with Crippen LogP contribution in [-0.2, 0) is 13.1 Å². The molecule has 0 spiro atoms. The molecule has 0 aromatic heterocycles. The molecule has 7 nitrogen and oxygen atoms in total. The molecule has 174 valence electrons. The number of guanidine groups is 1. The van der Waals surface area contributed by atoms with Gasteiger partial charge in [-0.3, -0.25) is 4.90 Å². The van der Waals surface area contributed by atoms with E-state index in [0.29, 0.717) is 25.7 Å². The van der Waals surface area contributed by atoms with Gasteiger partial charge in [0.25, 0.3) is 0 Å². The van der Waals surface area contributed by atoms with Crippen molar-refractivity contribution in [3.8, 4) is 11.5 Å².